The second-order valence-corrected chi connectivity index (χ2v) is 9.28. The summed E-state index contributed by atoms with van der Waals surface area (Å²) in [4.78, 5) is 0. The monoisotopic (exact) mass is 376 g/mol. The standard InChI is InChI=1S/C24H31F3/c1-2-3-4-15-5-9-20-17(11-15)6-7-18-12-16(8-10-21(18)20)19-13-22(25)24(27)23(26)14-19/h2,13-18,20-21H,1,3-12H2/t15-,16?,17-,18+,20+,21+/m1/s1. The molecule has 3 aliphatic carbocycles. The molecule has 27 heavy (non-hydrogen) atoms. The van der Waals surface area contributed by atoms with E-state index < -0.39 is 17.5 Å². The van der Waals surface area contributed by atoms with Gasteiger partial charge in [0, 0.05) is 0 Å². The van der Waals surface area contributed by atoms with Crippen molar-refractivity contribution in [3.63, 3.8) is 0 Å². The molecule has 0 N–H and O–H groups in total. The number of allylic oxidation sites excluding steroid dienone is 1. The Bertz CT molecular complexity index is 659. The molecule has 0 aromatic heterocycles. The number of hydrogen-bond acceptors (Lipinski definition) is 0. The van der Waals surface area contributed by atoms with Gasteiger partial charge in [0.1, 0.15) is 0 Å². The highest BCUT2D eigenvalue weighted by Gasteiger charge is 2.44. The van der Waals surface area contributed by atoms with Crippen LogP contribution >= 0.6 is 0 Å². The normalized spacial score (nSPS) is 36.0. The van der Waals surface area contributed by atoms with E-state index in [9.17, 15) is 13.2 Å². The summed E-state index contributed by atoms with van der Waals surface area (Å²) in [6.07, 6.45) is 14.3. The Morgan fingerprint density at radius 2 is 1.48 bits per heavy atom. The Labute approximate surface area is 161 Å². The SMILES string of the molecule is C=CCC[C@@H]1CC[C@H]2[C@H](CC[C@H]3CC(c4cc(F)c(F)c(F)c4)CC[C@@H]32)C1. The average molecular weight is 377 g/mol. The predicted octanol–water partition coefficient (Wildman–Crippen LogP) is 7.40. The molecular weight excluding hydrogens is 345 g/mol. The summed E-state index contributed by atoms with van der Waals surface area (Å²) >= 11 is 0. The minimum atomic E-state index is -1.35. The van der Waals surface area contributed by atoms with Gasteiger partial charge >= 0.3 is 0 Å². The third-order valence-electron chi connectivity index (χ3n) is 7.91. The number of fused-ring (bicyclic) bond motifs is 3. The van der Waals surface area contributed by atoms with Crippen LogP contribution in [0.1, 0.15) is 75.7 Å². The van der Waals surface area contributed by atoms with Crippen LogP contribution in [0.15, 0.2) is 24.8 Å². The van der Waals surface area contributed by atoms with Gasteiger partial charge in [-0.15, -0.1) is 6.58 Å². The van der Waals surface area contributed by atoms with Gasteiger partial charge in [0.15, 0.2) is 17.5 Å². The maximum Gasteiger partial charge on any atom is 0.194 e. The van der Waals surface area contributed by atoms with Crippen LogP contribution in [-0.2, 0) is 0 Å². The molecule has 1 unspecified atom stereocenters. The first-order valence-electron chi connectivity index (χ1n) is 10.8. The Morgan fingerprint density at radius 3 is 2.15 bits per heavy atom. The zero-order valence-corrected chi connectivity index (χ0v) is 16.1. The molecular formula is C24H31F3. The second-order valence-electron chi connectivity index (χ2n) is 9.28. The lowest BCUT2D eigenvalue weighted by molar-refractivity contribution is 0.00561. The predicted molar refractivity (Wildman–Crippen MR) is 103 cm³/mol. The summed E-state index contributed by atoms with van der Waals surface area (Å²) in [7, 11) is 0. The topological polar surface area (TPSA) is 0 Å². The van der Waals surface area contributed by atoms with Gasteiger partial charge in [0.05, 0.1) is 0 Å². The molecule has 6 atom stereocenters. The number of halogens is 3. The third-order valence-corrected chi connectivity index (χ3v) is 7.91. The maximum absolute atomic E-state index is 13.7. The first-order chi connectivity index (χ1) is 13.1. The summed E-state index contributed by atoms with van der Waals surface area (Å²) < 4.78 is 40.6. The maximum atomic E-state index is 13.7. The molecule has 0 spiro atoms. The van der Waals surface area contributed by atoms with Crippen molar-refractivity contribution >= 4 is 0 Å². The van der Waals surface area contributed by atoms with Crippen LogP contribution in [0, 0.1) is 47.0 Å². The fourth-order valence-electron chi connectivity index (χ4n) is 6.62. The Morgan fingerprint density at radius 1 is 0.852 bits per heavy atom. The average Bonchev–Trinajstić information content (AvgIpc) is 2.69. The smallest absolute Gasteiger partial charge is 0.194 e. The number of hydrogen-bond donors (Lipinski definition) is 0. The minimum absolute atomic E-state index is 0.177. The molecule has 0 amide bonds. The summed E-state index contributed by atoms with van der Waals surface area (Å²) in [5.41, 5.74) is 0.653. The van der Waals surface area contributed by atoms with Gasteiger partial charge < -0.3 is 0 Å². The largest absolute Gasteiger partial charge is 0.204 e. The van der Waals surface area contributed by atoms with Crippen molar-refractivity contribution in [1.82, 2.24) is 0 Å². The van der Waals surface area contributed by atoms with Crippen molar-refractivity contribution in [2.45, 2.75) is 70.1 Å². The molecule has 0 saturated heterocycles. The third kappa shape index (κ3) is 3.84. The lowest BCUT2D eigenvalue weighted by Crippen LogP contribution is -2.41. The van der Waals surface area contributed by atoms with E-state index in [1.54, 1.807) is 0 Å². The van der Waals surface area contributed by atoms with E-state index >= 15 is 0 Å². The molecule has 3 saturated carbocycles. The fraction of sp³-hybridized carbons (Fsp3) is 0.667. The highest BCUT2D eigenvalue weighted by molar-refractivity contribution is 5.24. The zero-order valence-electron chi connectivity index (χ0n) is 16.1. The summed E-state index contributed by atoms with van der Waals surface area (Å²) in [5.74, 6) is 0.807. The molecule has 0 heterocycles. The van der Waals surface area contributed by atoms with Crippen molar-refractivity contribution in [2.75, 3.05) is 0 Å². The van der Waals surface area contributed by atoms with E-state index in [0.29, 0.717) is 11.5 Å². The van der Waals surface area contributed by atoms with Gasteiger partial charge in [-0.05, 0) is 111 Å². The van der Waals surface area contributed by atoms with Crippen LogP contribution in [0.3, 0.4) is 0 Å². The highest BCUT2D eigenvalue weighted by atomic mass is 19.2. The van der Waals surface area contributed by atoms with E-state index in [1.807, 2.05) is 6.08 Å². The van der Waals surface area contributed by atoms with Gasteiger partial charge in [-0.2, -0.15) is 0 Å². The molecule has 0 nitrogen and oxygen atoms in total. The quantitative estimate of drug-likeness (QED) is 0.379. The van der Waals surface area contributed by atoms with Crippen LogP contribution in [0.5, 0.6) is 0 Å². The van der Waals surface area contributed by atoms with Crippen LogP contribution < -0.4 is 0 Å². The van der Waals surface area contributed by atoms with Gasteiger partial charge in [-0.1, -0.05) is 12.5 Å². The molecule has 3 fully saturated rings. The van der Waals surface area contributed by atoms with Crippen LogP contribution in [0.2, 0.25) is 0 Å². The molecule has 1 aromatic rings. The van der Waals surface area contributed by atoms with E-state index in [-0.39, 0.29) is 5.92 Å². The lowest BCUT2D eigenvalue weighted by Gasteiger charge is -2.51. The van der Waals surface area contributed by atoms with Crippen LogP contribution in [0.25, 0.3) is 0 Å². The minimum Gasteiger partial charge on any atom is -0.204 e. The molecule has 1 aromatic carbocycles. The Hall–Kier alpha value is -1.25. The molecule has 3 aliphatic rings. The van der Waals surface area contributed by atoms with E-state index in [4.69, 9.17) is 0 Å². The van der Waals surface area contributed by atoms with Crippen molar-refractivity contribution in [1.29, 1.82) is 0 Å². The van der Waals surface area contributed by atoms with Crippen molar-refractivity contribution < 1.29 is 13.2 Å². The molecule has 0 radical (unpaired) electrons. The van der Waals surface area contributed by atoms with Gasteiger partial charge in [-0.3, -0.25) is 0 Å². The Balaban J connectivity index is 1.41. The molecule has 3 heteroatoms. The molecule has 4 rings (SSSR count). The van der Waals surface area contributed by atoms with Gasteiger partial charge in [0.2, 0.25) is 0 Å². The van der Waals surface area contributed by atoms with Crippen molar-refractivity contribution in [3.8, 4) is 0 Å². The first kappa shape index (κ1) is 19.1. The molecule has 0 aliphatic heterocycles. The van der Waals surface area contributed by atoms with Crippen molar-refractivity contribution in [3.05, 3.63) is 47.8 Å². The first-order valence-corrected chi connectivity index (χ1v) is 10.8. The van der Waals surface area contributed by atoms with E-state index in [2.05, 4.69) is 6.58 Å². The summed E-state index contributed by atoms with van der Waals surface area (Å²) in [6, 6.07) is 2.44. The fourth-order valence-corrected chi connectivity index (χ4v) is 6.62. The number of rotatable bonds is 4. The Kier molecular flexibility index (Phi) is 5.66. The lowest BCUT2D eigenvalue weighted by atomic mass is 9.55. The summed E-state index contributed by atoms with van der Waals surface area (Å²) in [5, 5.41) is 0. The zero-order chi connectivity index (χ0) is 19.0. The van der Waals surface area contributed by atoms with Crippen molar-refractivity contribution in [2.24, 2.45) is 29.6 Å². The van der Waals surface area contributed by atoms with Crippen LogP contribution in [0.4, 0.5) is 13.2 Å². The van der Waals surface area contributed by atoms with E-state index in [0.717, 1.165) is 49.4 Å². The highest BCUT2D eigenvalue weighted by Crippen LogP contribution is 2.55. The van der Waals surface area contributed by atoms with Gasteiger partial charge in [-0.25, -0.2) is 13.2 Å². The number of benzene rings is 1. The van der Waals surface area contributed by atoms with E-state index in [1.165, 1.54) is 50.7 Å². The van der Waals surface area contributed by atoms with Gasteiger partial charge in [0.25, 0.3) is 0 Å². The summed E-state index contributed by atoms with van der Waals surface area (Å²) in [6.45, 7) is 3.86. The second kappa shape index (κ2) is 8.01. The molecule has 148 valence electrons. The molecule has 0 bridgehead atoms. The van der Waals surface area contributed by atoms with Crippen LogP contribution in [-0.4, -0.2) is 0 Å².